The third kappa shape index (κ3) is 3.05. The number of anilines is 1. The van der Waals surface area contributed by atoms with E-state index in [9.17, 15) is 4.79 Å². The summed E-state index contributed by atoms with van der Waals surface area (Å²) in [5.41, 5.74) is 3.89. The molecule has 2 atom stereocenters. The summed E-state index contributed by atoms with van der Waals surface area (Å²) in [5.74, 6) is 1.07. The standard InChI is InChI=1S/C19H28N2O/c1-13(2)15-6-7-18-16(12-15)5-4-10-21(18)19(22)17-8-9-20-14(3)11-17/h6-7,12-14,17,20H,4-5,8-11H2,1-3H3/t14-,17-/m0/s1. The number of piperidine rings is 1. The number of hydrogen-bond acceptors (Lipinski definition) is 2. The minimum Gasteiger partial charge on any atom is -0.314 e. The summed E-state index contributed by atoms with van der Waals surface area (Å²) in [6.07, 6.45) is 4.12. The van der Waals surface area contributed by atoms with Crippen LogP contribution in [0.25, 0.3) is 0 Å². The van der Waals surface area contributed by atoms with Gasteiger partial charge in [0.1, 0.15) is 0 Å². The predicted molar refractivity (Wildman–Crippen MR) is 91.4 cm³/mol. The van der Waals surface area contributed by atoms with Crippen molar-refractivity contribution in [2.45, 2.75) is 58.4 Å². The number of amides is 1. The minimum absolute atomic E-state index is 0.187. The van der Waals surface area contributed by atoms with Gasteiger partial charge in [-0.3, -0.25) is 4.79 Å². The first-order chi connectivity index (χ1) is 10.6. The molecule has 3 nitrogen and oxygen atoms in total. The van der Waals surface area contributed by atoms with Crippen molar-refractivity contribution in [3.63, 3.8) is 0 Å². The van der Waals surface area contributed by atoms with Crippen molar-refractivity contribution >= 4 is 11.6 Å². The van der Waals surface area contributed by atoms with Crippen LogP contribution in [0.5, 0.6) is 0 Å². The van der Waals surface area contributed by atoms with Crippen LogP contribution in [0.3, 0.4) is 0 Å². The summed E-state index contributed by atoms with van der Waals surface area (Å²) in [7, 11) is 0. The number of hydrogen-bond donors (Lipinski definition) is 1. The second kappa shape index (κ2) is 6.41. The van der Waals surface area contributed by atoms with Crippen LogP contribution in [0.1, 0.15) is 57.1 Å². The molecule has 1 aromatic carbocycles. The first-order valence-electron chi connectivity index (χ1n) is 8.74. The lowest BCUT2D eigenvalue weighted by atomic mass is 9.89. The summed E-state index contributed by atoms with van der Waals surface area (Å²) < 4.78 is 0. The van der Waals surface area contributed by atoms with Crippen LogP contribution in [0.4, 0.5) is 5.69 Å². The van der Waals surface area contributed by atoms with Crippen molar-refractivity contribution in [3.8, 4) is 0 Å². The topological polar surface area (TPSA) is 32.3 Å². The fourth-order valence-corrected chi connectivity index (χ4v) is 3.78. The van der Waals surface area contributed by atoms with Gasteiger partial charge in [-0.05, 0) is 62.3 Å². The highest BCUT2D eigenvalue weighted by atomic mass is 16.2. The van der Waals surface area contributed by atoms with E-state index in [0.717, 1.165) is 44.5 Å². The first-order valence-corrected chi connectivity index (χ1v) is 8.74. The Bertz CT molecular complexity index is 552. The highest BCUT2D eigenvalue weighted by Crippen LogP contribution is 2.32. The molecule has 0 spiro atoms. The number of nitrogens with zero attached hydrogens (tertiary/aromatic N) is 1. The molecule has 1 saturated heterocycles. The smallest absolute Gasteiger partial charge is 0.230 e. The van der Waals surface area contributed by atoms with Crippen molar-refractivity contribution in [1.82, 2.24) is 5.32 Å². The van der Waals surface area contributed by atoms with Crippen LogP contribution >= 0.6 is 0 Å². The van der Waals surface area contributed by atoms with Gasteiger partial charge in [-0.2, -0.15) is 0 Å². The zero-order valence-corrected chi connectivity index (χ0v) is 14.1. The molecule has 0 radical (unpaired) electrons. The number of carbonyl (C=O) groups excluding carboxylic acids is 1. The van der Waals surface area contributed by atoms with Gasteiger partial charge in [0.2, 0.25) is 5.91 Å². The van der Waals surface area contributed by atoms with Gasteiger partial charge in [0.15, 0.2) is 0 Å². The van der Waals surface area contributed by atoms with Gasteiger partial charge in [0, 0.05) is 24.2 Å². The molecule has 2 aliphatic rings. The second-order valence-electron chi connectivity index (χ2n) is 7.21. The summed E-state index contributed by atoms with van der Waals surface area (Å²) in [5, 5.41) is 3.44. The monoisotopic (exact) mass is 300 g/mol. The van der Waals surface area contributed by atoms with Crippen molar-refractivity contribution in [2.24, 2.45) is 5.92 Å². The predicted octanol–water partition coefficient (Wildman–Crippen LogP) is 3.48. The van der Waals surface area contributed by atoms with E-state index < -0.39 is 0 Å². The normalized spacial score (nSPS) is 25.2. The maximum atomic E-state index is 13.0. The first kappa shape index (κ1) is 15.5. The van der Waals surface area contributed by atoms with Crippen molar-refractivity contribution < 1.29 is 4.79 Å². The van der Waals surface area contributed by atoms with Crippen LogP contribution in [0, 0.1) is 5.92 Å². The van der Waals surface area contributed by atoms with Gasteiger partial charge in [-0.1, -0.05) is 26.0 Å². The number of aryl methyl sites for hydroxylation is 1. The third-order valence-corrected chi connectivity index (χ3v) is 5.13. The van der Waals surface area contributed by atoms with Crippen molar-refractivity contribution in [2.75, 3.05) is 18.0 Å². The molecule has 1 fully saturated rings. The van der Waals surface area contributed by atoms with E-state index in [0.29, 0.717) is 17.9 Å². The van der Waals surface area contributed by atoms with Crippen LogP contribution in [0.2, 0.25) is 0 Å². The van der Waals surface area contributed by atoms with Gasteiger partial charge < -0.3 is 10.2 Å². The molecule has 0 saturated carbocycles. The molecule has 0 bridgehead atoms. The number of fused-ring (bicyclic) bond motifs is 1. The molecule has 2 aliphatic heterocycles. The van der Waals surface area contributed by atoms with Gasteiger partial charge in [0.25, 0.3) is 0 Å². The van der Waals surface area contributed by atoms with Gasteiger partial charge in [-0.15, -0.1) is 0 Å². The summed E-state index contributed by atoms with van der Waals surface area (Å²) in [4.78, 5) is 15.0. The van der Waals surface area contributed by atoms with Gasteiger partial charge in [-0.25, -0.2) is 0 Å². The quantitative estimate of drug-likeness (QED) is 0.907. The molecule has 120 valence electrons. The molecule has 3 heteroatoms. The molecule has 3 rings (SSSR count). The Labute approximate surface area is 134 Å². The maximum absolute atomic E-state index is 13.0. The SMILES string of the molecule is CC(C)c1ccc2c(c1)CCCN2C(=O)[C@H]1CCN[C@@H](C)C1. The number of benzene rings is 1. The van der Waals surface area contributed by atoms with Crippen LogP contribution in [0.15, 0.2) is 18.2 Å². The highest BCUT2D eigenvalue weighted by molar-refractivity contribution is 5.96. The fourth-order valence-electron chi connectivity index (χ4n) is 3.78. The largest absolute Gasteiger partial charge is 0.314 e. The Kier molecular flexibility index (Phi) is 4.53. The van der Waals surface area contributed by atoms with Gasteiger partial charge >= 0.3 is 0 Å². The van der Waals surface area contributed by atoms with E-state index in [1.54, 1.807) is 0 Å². The summed E-state index contributed by atoms with van der Waals surface area (Å²) in [6.45, 7) is 8.47. The zero-order valence-electron chi connectivity index (χ0n) is 14.1. The van der Waals surface area contributed by atoms with E-state index in [-0.39, 0.29) is 5.92 Å². The average molecular weight is 300 g/mol. The Hall–Kier alpha value is -1.35. The van der Waals surface area contributed by atoms with E-state index in [1.807, 2.05) is 0 Å². The maximum Gasteiger partial charge on any atom is 0.230 e. The molecule has 22 heavy (non-hydrogen) atoms. The number of rotatable bonds is 2. The zero-order chi connectivity index (χ0) is 15.7. The Balaban J connectivity index is 1.83. The number of carbonyl (C=O) groups is 1. The molecular weight excluding hydrogens is 272 g/mol. The average Bonchev–Trinajstić information content (AvgIpc) is 2.53. The fraction of sp³-hybridized carbons (Fsp3) is 0.632. The van der Waals surface area contributed by atoms with Crippen molar-refractivity contribution in [1.29, 1.82) is 0 Å². The van der Waals surface area contributed by atoms with Crippen LogP contribution in [-0.4, -0.2) is 25.0 Å². The van der Waals surface area contributed by atoms with E-state index in [4.69, 9.17) is 0 Å². The second-order valence-corrected chi connectivity index (χ2v) is 7.21. The van der Waals surface area contributed by atoms with Crippen LogP contribution in [-0.2, 0) is 11.2 Å². The van der Waals surface area contributed by atoms with E-state index in [2.05, 4.69) is 49.2 Å². The lowest BCUT2D eigenvalue weighted by molar-refractivity contribution is -0.123. The summed E-state index contributed by atoms with van der Waals surface area (Å²) in [6, 6.07) is 7.13. The Morgan fingerprint density at radius 3 is 2.91 bits per heavy atom. The molecular formula is C19H28N2O. The van der Waals surface area contributed by atoms with E-state index in [1.165, 1.54) is 11.1 Å². The Morgan fingerprint density at radius 2 is 2.18 bits per heavy atom. The highest BCUT2D eigenvalue weighted by Gasteiger charge is 2.31. The van der Waals surface area contributed by atoms with Crippen LogP contribution < -0.4 is 10.2 Å². The van der Waals surface area contributed by atoms with Gasteiger partial charge in [0.05, 0.1) is 0 Å². The third-order valence-electron chi connectivity index (χ3n) is 5.13. The molecule has 1 amide bonds. The lowest BCUT2D eigenvalue weighted by Gasteiger charge is -2.35. The summed E-state index contributed by atoms with van der Waals surface area (Å²) >= 11 is 0. The Morgan fingerprint density at radius 1 is 1.36 bits per heavy atom. The minimum atomic E-state index is 0.187. The van der Waals surface area contributed by atoms with E-state index >= 15 is 0 Å². The molecule has 1 aromatic rings. The van der Waals surface area contributed by atoms with Crippen molar-refractivity contribution in [3.05, 3.63) is 29.3 Å². The molecule has 0 aliphatic carbocycles. The molecule has 0 aromatic heterocycles. The molecule has 0 unspecified atom stereocenters. The lowest BCUT2D eigenvalue weighted by Crippen LogP contribution is -2.45. The molecule has 2 heterocycles. The number of nitrogens with one attached hydrogen (secondary N) is 1. The molecule has 1 N–H and O–H groups in total.